The zero-order valence-corrected chi connectivity index (χ0v) is 20.4. The van der Waals surface area contributed by atoms with Gasteiger partial charge in [0, 0.05) is 61.9 Å². The van der Waals surface area contributed by atoms with E-state index >= 15 is 0 Å². The first-order valence-corrected chi connectivity index (χ1v) is 11.5. The van der Waals surface area contributed by atoms with Crippen molar-refractivity contribution < 1.29 is 29.1 Å². The zero-order chi connectivity index (χ0) is 27.5. The van der Waals surface area contributed by atoms with E-state index in [0.717, 1.165) is 0 Å². The van der Waals surface area contributed by atoms with Crippen molar-refractivity contribution in [1.82, 2.24) is 51.2 Å². The fraction of sp³-hybridized carbons (Fsp3) is 0.364. The van der Waals surface area contributed by atoms with Crippen LogP contribution in [0.1, 0.15) is 24.0 Å². The SMILES string of the molecule is CC(=O)N[C@H](Cc1cnc[nH]1)C(=O)N[C@@H](Cc1cnc[nH]1)C(=O)NCC(=O)N[C@@H](Cc1cnc[nH]1)C(=O)O. The third-order valence-electron chi connectivity index (χ3n) is 5.32. The Kier molecular flexibility index (Phi) is 9.67. The third-order valence-corrected chi connectivity index (χ3v) is 5.32. The maximum absolute atomic E-state index is 13.0. The molecule has 16 heteroatoms. The maximum Gasteiger partial charge on any atom is 0.326 e. The van der Waals surface area contributed by atoms with Crippen LogP contribution in [0.2, 0.25) is 0 Å². The lowest BCUT2D eigenvalue weighted by Gasteiger charge is -2.22. The number of rotatable bonds is 14. The minimum Gasteiger partial charge on any atom is -0.480 e. The van der Waals surface area contributed by atoms with Crippen LogP contribution in [0, 0.1) is 0 Å². The van der Waals surface area contributed by atoms with Gasteiger partial charge < -0.3 is 41.3 Å². The molecule has 202 valence electrons. The summed E-state index contributed by atoms with van der Waals surface area (Å²) >= 11 is 0. The first-order chi connectivity index (χ1) is 18.2. The minimum atomic E-state index is -1.26. The summed E-state index contributed by atoms with van der Waals surface area (Å²) in [6, 6.07) is -3.40. The Balaban J connectivity index is 1.63. The summed E-state index contributed by atoms with van der Waals surface area (Å²) in [7, 11) is 0. The van der Waals surface area contributed by atoms with Gasteiger partial charge in [0.25, 0.3) is 0 Å². The molecule has 0 aliphatic heterocycles. The fourth-order valence-electron chi connectivity index (χ4n) is 3.52. The number of carboxylic acid groups (broad SMARTS) is 1. The second-order valence-electron chi connectivity index (χ2n) is 8.33. The van der Waals surface area contributed by atoms with E-state index in [4.69, 9.17) is 0 Å². The minimum absolute atomic E-state index is 0.00756. The zero-order valence-electron chi connectivity index (χ0n) is 20.4. The first-order valence-electron chi connectivity index (χ1n) is 11.5. The molecule has 0 bridgehead atoms. The molecule has 0 aliphatic carbocycles. The van der Waals surface area contributed by atoms with E-state index in [9.17, 15) is 29.1 Å². The highest BCUT2D eigenvalue weighted by atomic mass is 16.4. The molecule has 3 aromatic heterocycles. The van der Waals surface area contributed by atoms with Gasteiger partial charge in [-0.15, -0.1) is 0 Å². The van der Waals surface area contributed by atoms with Gasteiger partial charge in [0.2, 0.25) is 23.6 Å². The first kappa shape index (κ1) is 27.6. The van der Waals surface area contributed by atoms with Crippen LogP contribution in [0.3, 0.4) is 0 Å². The number of aliphatic carboxylic acids is 1. The number of carbonyl (C=O) groups excluding carboxylic acids is 4. The number of H-pyrrole nitrogens is 3. The van der Waals surface area contributed by atoms with E-state index < -0.39 is 54.3 Å². The Labute approximate surface area is 215 Å². The van der Waals surface area contributed by atoms with Crippen molar-refractivity contribution in [2.24, 2.45) is 0 Å². The van der Waals surface area contributed by atoms with E-state index in [1.165, 1.54) is 44.5 Å². The molecule has 3 aromatic rings. The normalized spacial score (nSPS) is 13.1. The van der Waals surface area contributed by atoms with Crippen LogP contribution >= 0.6 is 0 Å². The maximum atomic E-state index is 13.0. The summed E-state index contributed by atoms with van der Waals surface area (Å²) in [6.45, 7) is 0.724. The number of hydrogen-bond donors (Lipinski definition) is 8. The van der Waals surface area contributed by atoms with E-state index in [2.05, 4.69) is 51.2 Å². The van der Waals surface area contributed by atoms with Gasteiger partial charge in [-0.1, -0.05) is 0 Å². The molecule has 3 atom stereocenters. The molecule has 0 saturated heterocycles. The number of nitrogens with zero attached hydrogens (tertiary/aromatic N) is 3. The topological polar surface area (TPSA) is 240 Å². The lowest BCUT2D eigenvalue weighted by molar-refractivity contribution is -0.141. The Morgan fingerprint density at radius 3 is 1.63 bits per heavy atom. The lowest BCUT2D eigenvalue weighted by atomic mass is 10.1. The second kappa shape index (κ2) is 13.3. The average molecular weight is 529 g/mol. The predicted octanol–water partition coefficient (Wildman–Crippen LogP) is -2.44. The number of amides is 4. The van der Waals surface area contributed by atoms with Gasteiger partial charge in [0.1, 0.15) is 18.1 Å². The van der Waals surface area contributed by atoms with Crippen LogP contribution in [0.15, 0.2) is 37.6 Å². The lowest BCUT2D eigenvalue weighted by Crippen LogP contribution is -2.56. The number of hydrogen-bond acceptors (Lipinski definition) is 8. The van der Waals surface area contributed by atoms with Gasteiger partial charge in [-0.05, 0) is 0 Å². The van der Waals surface area contributed by atoms with Crippen LogP contribution in [0.25, 0.3) is 0 Å². The highest BCUT2D eigenvalue weighted by Gasteiger charge is 2.28. The van der Waals surface area contributed by atoms with E-state index in [1.807, 2.05) is 0 Å². The number of nitrogens with one attached hydrogen (secondary N) is 7. The molecule has 4 amide bonds. The third kappa shape index (κ3) is 8.58. The molecule has 0 saturated carbocycles. The van der Waals surface area contributed by atoms with Crippen LogP contribution < -0.4 is 21.3 Å². The molecule has 0 aliphatic rings. The summed E-state index contributed by atoms with van der Waals surface area (Å²) < 4.78 is 0. The van der Waals surface area contributed by atoms with Gasteiger partial charge in [0.05, 0.1) is 25.5 Å². The van der Waals surface area contributed by atoms with Crippen LogP contribution in [0.4, 0.5) is 0 Å². The molecular weight excluding hydrogens is 500 g/mol. The standard InChI is InChI=1S/C22H28N10O6/c1-12(33)30-17(3-14-6-24-10-28-14)21(36)32-16(2-13-5-23-9-27-13)20(35)26-8-19(34)31-18(22(37)38)4-15-7-25-11-29-15/h5-7,9-11,16-18H,2-4,8H2,1H3,(H,23,27)(H,24,28)(H,25,29)(H,26,35)(H,30,33)(H,31,34)(H,32,36)(H,37,38)/t16-,17+,18-/m0/s1. The summed E-state index contributed by atoms with van der Waals surface area (Å²) in [5.74, 6) is -3.78. The smallest absolute Gasteiger partial charge is 0.326 e. The van der Waals surface area contributed by atoms with Crippen molar-refractivity contribution in [1.29, 1.82) is 0 Å². The molecule has 16 nitrogen and oxygen atoms in total. The number of imidazole rings is 3. The average Bonchev–Trinajstić information content (AvgIpc) is 3.65. The van der Waals surface area contributed by atoms with E-state index in [-0.39, 0.29) is 19.3 Å². The van der Waals surface area contributed by atoms with Gasteiger partial charge in [-0.3, -0.25) is 19.2 Å². The van der Waals surface area contributed by atoms with E-state index in [1.54, 1.807) is 0 Å². The molecule has 3 rings (SSSR count). The van der Waals surface area contributed by atoms with Crippen LogP contribution in [-0.4, -0.2) is 89.3 Å². The molecule has 0 unspecified atom stereocenters. The van der Waals surface area contributed by atoms with Gasteiger partial charge >= 0.3 is 5.97 Å². The molecule has 0 radical (unpaired) electrons. The Morgan fingerprint density at radius 2 is 1.21 bits per heavy atom. The summed E-state index contributed by atoms with van der Waals surface area (Å²) in [5, 5.41) is 19.3. The van der Waals surface area contributed by atoms with Gasteiger partial charge in [0.15, 0.2) is 0 Å². The predicted molar refractivity (Wildman–Crippen MR) is 129 cm³/mol. The van der Waals surface area contributed by atoms with Crippen molar-refractivity contribution >= 4 is 29.6 Å². The Morgan fingerprint density at radius 1 is 0.737 bits per heavy atom. The van der Waals surface area contributed by atoms with Crippen molar-refractivity contribution in [2.75, 3.05) is 6.54 Å². The molecular formula is C22H28N10O6. The summed E-state index contributed by atoms with van der Waals surface area (Å²) in [6.07, 6.45) is 8.71. The van der Waals surface area contributed by atoms with Gasteiger partial charge in [-0.25, -0.2) is 19.7 Å². The molecule has 38 heavy (non-hydrogen) atoms. The fourth-order valence-corrected chi connectivity index (χ4v) is 3.52. The molecule has 3 heterocycles. The van der Waals surface area contributed by atoms with Crippen molar-refractivity contribution in [3.8, 4) is 0 Å². The molecule has 0 aromatic carbocycles. The number of aromatic nitrogens is 6. The monoisotopic (exact) mass is 528 g/mol. The molecule has 0 fully saturated rings. The van der Waals surface area contributed by atoms with E-state index in [0.29, 0.717) is 17.1 Å². The highest BCUT2D eigenvalue weighted by molar-refractivity contribution is 5.94. The van der Waals surface area contributed by atoms with Crippen molar-refractivity contribution in [2.45, 2.75) is 44.3 Å². The van der Waals surface area contributed by atoms with Crippen LogP contribution in [0.5, 0.6) is 0 Å². The molecule has 8 N–H and O–H groups in total. The largest absolute Gasteiger partial charge is 0.480 e. The Bertz CT molecular complexity index is 1210. The highest BCUT2D eigenvalue weighted by Crippen LogP contribution is 2.04. The van der Waals surface area contributed by atoms with Gasteiger partial charge in [-0.2, -0.15) is 0 Å². The van der Waals surface area contributed by atoms with Crippen LogP contribution in [-0.2, 0) is 43.2 Å². The number of carboxylic acids is 1. The number of aromatic amines is 3. The number of carbonyl (C=O) groups is 5. The molecule has 0 spiro atoms. The summed E-state index contributed by atoms with van der Waals surface area (Å²) in [4.78, 5) is 81.7. The second-order valence-corrected chi connectivity index (χ2v) is 8.33. The van der Waals surface area contributed by atoms with Crippen molar-refractivity contribution in [3.05, 3.63) is 54.7 Å². The Hall–Kier alpha value is -5.02. The summed E-state index contributed by atoms with van der Waals surface area (Å²) in [5.41, 5.74) is 1.63. The quantitative estimate of drug-likeness (QED) is 0.111. The van der Waals surface area contributed by atoms with Crippen molar-refractivity contribution in [3.63, 3.8) is 0 Å².